The fraction of sp³-hybridized carbons (Fsp3) is 0.417. The van der Waals surface area contributed by atoms with Crippen LogP contribution in [0.25, 0.3) is 11.2 Å². The number of likely N-dealkylation sites (tertiary alicyclic amines) is 1. The molecule has 3 aromatic rings. The number of carboxylic acid groups (broad SMARTS) is 1. The van der Waals surface area contributed by atoms with Gasteiger partial charge in [-0.3, -0.25) is 14.7 Å². The largest absolute Gasteiger partial charge is 0.480 e. The van der Waals surface area contributed by atoms with Gasteiger partial charge in [-0.25, -0.2) is 24.5 Å². The second kappa shape index (κ2) is 9.63. The summed E-state index contributed by atoms with van der Waals surface area (Å²) in [5.74, 6) is -1.32. The Morgan fingerprint density at radius 1 is 1.05 bits per heavy atom. The van der Waals surface area contributed by atoms with Crippen molar-refractivity contribution in [3.63, 3.8) is 0 Å². The fourth-order valence-corrected chi connectivity index (χ4v) is 5.19. The average Bonchev–Trinajstić information content (AvgIpc) is 3.72. The molecule has 14 nitrogen and oxygen atoms in total. The molecule has 3 aliphatic rings. The van der Waals surface area contributed by atoms with E-state index in [1.54, 1.807) is 4.57 Å². The van der Waals surface area contributed by atoms with E-state index in [0.717, 1.165) is 5.56 Å². The lowest BCUT2D eigenvalue weighted by molar-refractivity contribution is -0.171. The number of anilines is 1. The van der Waals surface area contributed by atoms with Gasteiger partial charge in [0.05, 0.1) is 6.33 Å². The van der Waals surface area contributed by atoms with E-state index in [1.165, 1.54) is 24.6 Å². The van der Waals surface area contributed by atoms with E-state index in [1.807, 2.05) is 30.3 Å². The molecular weight excluding hydrogens is 498 g/mol. The number of urea groups is 1. The SMILES string of the molecule is CNC(=O)Nc1ncnc2c1ncn2C1OC(C(=O)N2CCC[C@H]2C(=O)O)C2O[C@H](c3ccccc3)OC21. The van der Waals surface area contributed by atoms with Crippen LogP contribution in [0.2, 0.25) is 0 Å². The van der Waals surface area contributed by atoms with Gasteiger partial charge in [-0.05, 0) is 12.8 Å². The molecule has 198 valence electrons. The van der Waals surface area contributed by atoms with Crippen LogP contribution < -0.4 is 10.6 Å². The number of carboxylic acids is 1. The third kappa shape index (κ3) is 4.02. The molecule has 2 aromatic heterocycles. The minimum absolute atomic E-state index is 0.197. The third-order valence-corrected chi connectivity index (χ3v) is 6.98. The summed E-state index contributed by atoms with van der Waals surface area (Å²) < 4.78 is 20.3. The number of aliphatic carboxylic acids is 1. The number of hydrogen-bond donors (Lipinski definition) is 3. The topological polar surface area (TPSA) is 170 Å². The van der Waals surface area contributed by atoms with Crippen LogP contribution in [-0.4, -0.2) is 85.4 Å². The van der Waals surface area contributed by atoms with Gasteiger partial charge in [0.1, 0.15) is 24.6 Å². The maximum Gasteiger partial charge on any atom is 0.326 e. The van der Waals surface area contributed by atoms with E-state index in [2.05, 4.69) is 25.6 Å². The summed E-state index contributed by atoms with van der Waals surface area (Å²) in [6, 6.07) is 7.91. The monoisotopic (exact) mass is 523 g/mol. The molecule has 6 atom stereocenters. The maximum absolute atomic E-state index is 13.6. The Morgan fingerprint density at radius 2 is 1.84 bits per heavy atom. The van der Waals surface area contributed by atoms with Crippen LogP contribution in [0.15, 0.2) is 43.0 Å². The molecule has 5 heterocycles. The highest BCUT2D eigenvalue weighted by Crippen LogP contribution is 2.45. The van der Waals surface area contributed by atoms with Crippen LogP contribution in [0, 0.1) is 0 Å². The summed E-state index contributed by atoms with van der Waals surface area (Å²) >= 11 is 0. The molecular formula is C24H25N7O7. The van der Waals surface area contributed by atoms with Crippen molar-refractivity contribution >= 4 is 34.9 Å². The van der Waals surface area contributed by atoms with E-state index >= 15 is 0 Å². The number of fused-ring (bicyclic) bond motifs is 2. The number of ether oxygens (including phenoxy) is 3. The van der Waals surface area contributed by atoms with Gasteiger partial charge in [-0.2, -0.15) is 0 Å². The van der Waals surface area contributed by atoms with Gasteiger partial charge < -0.3 is 29.5 Å². The normalized spacial score (nSPS) is 28.4. The predicted molar refractivity (Wildman–Crippen MR) is 129 cm³/mol. The number of carbonyl (C=O) groups is 3. The Kier molecular flexibility index (Phi) is 6.13. The first-order chi connectivity index (χ1) is 18.5. The van der Waals surface area contributed by atoms with Gasteiger partial charge in [0.2, 0.25) is 0 Å². The van der Waals surface area contributed by atoms with Crippen LogP contribution in [0.1, 0.15) is 30.9 Å². The molecule has 0 bridgehead atoms. The van der Waals surface area contributed by atoms with E-state index in [0.29, 0.717) is 30.6 Å². The van der Waals surface area contributed by atoms with Gasteiger partial charge in [0.15, 0.2) is 35.6 Å². The second-order valence-electron chi connectivity index (χ2n) is 9.17. The smallest absolute Gasteiger partial charge is 0.326 e. The summed E-state index contributed by atoms with van der Waals surface area (Å²) in [5, 5.41) is 14.7. The van der Waals surface area contributed by atoms with E-state index in [-0.39, 0.29) is 5.82 Å². The molecule has 4 unspecified atom stereocenters. The summed E-state index contributed by atoms with van der Waals surface area (Å²) in [7, 11) is 1.48. The van der Waals surface area contributed by atoms with Gasteiger partial charge in [0.25, 0.3) is 5.91 Å². The zero-order chi connectivity index (χ0) is 26.4. The number of benzene rings is 1. The summed E-state index contributed by atoms with van der Waals surface area (Å²) in [4.78, 5) is 51.4. The predicted octanol–water partition coefficient (Wildman–Crippen LogP) is 1.03. The van der Waals surface area contributed by atoms with Crippen LogP contribution >= 0.6 is 0 Å². The molecule has 0 radical (unpaired) electrons. The first-order valence-electron chi connectivity index (χ1n) is 12.2. The molecule has 3 aliphatic heterocycles. The molecule has 3 fully saturated rings. The lowest BCUT2D eigenvalue weighted by Gasteiger charge is -2.27. The average molecular weight is 524 g/mol. The molecule has 1 aromatic carbocycles. The Balaban J connectivity index is 1.36. The van der Waals surface area contributed by atoms with E-state index in [9.17, 15) is 19.5 Å². The van der Waals surface area contributed by atoms with Crippen LogP contribution in [0.4, 0.5) is 10.6 Å². The Labute approximate surface area is 215 Å². The van der Waals surface area contributed by atoms with Crippen molar-refractivity contribution in [1.29, 1.82) is 0 Å². The lowest BCUT2D eigenvalue weighted by atomic mass is 10.1. The van der Waals surface area contributed by atoms with Crippen molar-refractivity contribution in [2.45, 2.75) is 49.7 Å². The number of amides is 3. The molecule has 6 rings (SSSR count). The standard InChI is InChI=1S/C24H25N7O7/c1-25-24(35)29-18-14-19(27-10-26-18)31(11-28-14)21-17-15(37-23(38-17)12-6-3-2-4-7-12)16(36-21)20(32)30-9-5-8-13(30)22(33)34/h2-4,6-7,10-11,13,15-17,21,23H,5,8-9H2,1H3,(H,33,34)(H2,25,26,27,29,35)/t13-,15?,16?,17?,21?,23-/m0/s1. The van der Waals surface area contributed by atoms with Gasteiger partial charge >= 0.3 is 12.0 Å². The van der Waals surface area contributed by atoms with Crippen LogP contribution in [0.5, 0.6) is 0 Å². The number of rotatable bonds is 5. The number of nitrogens with one attached hydrogen (secondary N) is 2. The number of imidazole rings is 1. The Morgan fingerprint density at radius 3 is 2.61 bits per heavy atom. The summed E-state index contributed by atoms with van der Waals surface area (Å²) in [6.45, 7) is 0.316. The van der Waals surface area contributed by atoms with Crippen LogP contribution in [-0.2, 0) is 23.8 Å². The third-order valence-electron chi connectivity index (χ3n) is 6.98. The minimum atomic E-state index is -1.11. The molecule has 0 aliphatic carbocycles. The molecule has 14 heteroatoms. The molecule has 3 amide bonds. The number of aromatic nitrogens is 4. The van der Waals surface area contributed by atoms with Crippen LogP contribution in [0.3, 0.4) is 0 Å². The van der Waals surface area contributed by atoms with E-state index < -0.39 is 54.8 Å². The number of nitrogens with zero attached hydrogens (tertiary/aromatic N) is 5. The van der Waals surface area contributed by atoms with Crippen molar-refractivity contribution in [1.82, 2.24) is 29.7 Å². The lowest BCUT2D eigenvalue weighted by Crippen LogP contribution is -2.49. The van der Waals surface area contributed by atoms with Gasteiger partial charge in [-0.1, -0.05) is 30.3 Å². The van der Waals surface area contributed by atoms with Gasteiger partial charge in [-0.15, -0.1) is 0 Å². The summed E-state index contributed by atoms with van der Waals surface area (Å²) in [6.07, 6.45) is -0.572. The maximum atomic E-state index is 13.6. The summed E-state index contributed by atoms with van der Waals surface area (Å²) in [5.41, 5.74) is 1.43. The second-order valence-corrected chi connectivity index (χ2v) is 9.17. The van der Waals surface area contributed by atoms with Crippen molar-refractivity contribution in [3.8, 4) is 0 Å². The highest BCUT2D eigenvalue weighted by Gasteiger charge is 2.58. The van der Waals surface area contributed by atoms with Crippen molar-refractivity contribution in [2.24, 2.45) is 0 Å². The molecule has 0 saturated carbocycles. The first kappa shape index (κ1) is 24.2. The highest BCUT2D eigenvalue weighted by molar-refractivity contribution is 5.95. The first-order valence-corrected chi connectivity index (χ1v) is 12.2. The quantitative estimate of drug-likeness (QED) is 0.439. The molecule has 3 N–H and O–H groups in total. The zero-order valence-corrected chi connectivity index (χ0v) is 20.3. The molecule has 3 saturated heterocycles. The van der Waals surface area contributed by atoms with E-state index in [4.69, 9.17) is 14.2 Å². The molecule has 0 spiro atoms. The van der Waals surface area contributed by atoms with Crippen molar-refractivity contribution in [2.75, 3.05) is 18.9 Å². The molecule has 38 heavy (non-hydrogen) atoms. The number of carbonyl (C=O) groups excluding carboxylic acids is 2. The highest BCUT2D eigenvalue weighted by atomic mass is 16.8. The zero-order valence-electron chi connectivity index (χ0n) is 20.3. The fourth-order valence-electron chi connectivity index (χ4n) is 5.19. The van der Waals surface area contributed by atoms with Crippen molar-refractivity contribution in [3.05, 3.63) is 48.5 Å². The van der Waals surface area contributed by atoms with Gasteiger partial charge in [0, 0.05) is 19.2 Å². The minimum Gasteiger partial charge on any atom is -0.480 e. The Bertz CT molecular complexity index is 1380. The number of hydrogen-bond acceptors (Lipinski definition) is 9. The van der Waals surface area contributed by atoms with Crippen molar-refractivity contribution < 1.29 is 33.7 Å². The Hall–Kier alpha value is -4.14.